The summed E-state index contributed by atoms with van der Waals surface area (Å²) in [5, 5.41) is 3.35. The number of ether oxygens (including phenoxy) is 1. The number of nitrogens with zero attached hydrogens (tertiary/aromatic N) is 1. The highest BCUT2D eigenvalue weighted by atomic mass is 35.5. The van der Waals surface area contributed by atoms with Crippen LogP contribution in [0.15, 0.2) is 48.5 Å². The molecule has 0 radical (unpaired) electrons. The van der Waals surface area contributed by atoms with E-state index in [9.17, 15) is 9.59 Å². The zero-order valence-electron chi connectivity index (χ0n) is 15.0. The molecule has 0 bridgehead atoms. The summed E-state index contributed by atoms with van der Waals surface area (Å²) in [5.74, 6) is 0.584. The topological polar surface area (TPSA) is 58.6 Å². The Balaban J connectivity index is 1.87. The largest absolute Gasteiger partial charge is 0.496 e. The minimum atomic E-state index is -0.157. The van der Waals surface area contributed by atoms with Crippen LogP contribution in [0.2, 0.25) is 5.02 Å². The number of amides is 2. The van der Waals surface area contributed by atoms with Gasteiger partial charge in [-0.3, -0.25) is 9.59 Å². The molecule has 2 amide bonds. The number of carbonyl (C=O) groups excluding carboxylic acids is 2. The van der Waals surface area contributed by atoms with Gasteiger partial charge in [-0.2, -0.15) is 0 Å². The van der Waals surface area contributed by atoms with E-state index in [1.807, 2.05) is 24.3 Å². The number of hydrogen-bond donors (Lipinski definition) is 1. The van der Waals surface area contributed by atoms with E-state index in [1.54, 1.807) is 36.3 Å². The number of carbonyl (C=O) groups is 2. The number of para-hydroxylation sites is 1. The summed E-state index contributed by atoms with van der Waals surface area (Å²) in [6, 6.07) is 14.7. The standard InChI is InChI=1S/C20H23ClN2O3/c1-15(24)23(12-10-16-6-3-4-9-19(16)26-2)13-11-20(25)22-18-8-5-7-17(21)14-18/h3-9,14H,10-13H2,1-2H3,(H,22,25). The maximum Gasteiger partial charge on any atom is 0.226 e. The predicted molar refractivity (Wildman–Crippen MR) is 104 cm³/mol. The molecule has 0 heterocycles. The first-order valence-electron chi connectivity index (χ1n) is 8.42. The Hall–Kier alpha value is -2.53. The van der Waals surface area contributed by atoms with E-state index in [4.69, 9.17) is 16.3 Å². The Morgan fingerprint density at radius 1 is 1.12 bits per heavy atom. The molecule has 138 valence electrons. The second kappa shape index (κ2) is 9.82. The van der Waals surface area contributed by atoms with E-state index in [1.165, 1.54) is 6.92 Å². The van der Waals surface area contributed by atoms with Gasteiger partial charge in [0, 0.05) is 37.1 Å². The van der Waals surface area contributed by atoms with E-state index in [0.717, 1.165) is 11.3 Å². The van der Waals surface area contributed by atoms with Gasteiger partial charge < -0.3 is 15.0 Å². The van der Waals surface area contributed by atoms with Gasteiger partial charge in [0.25, 0.3) is 0 Å². The Labute approximate surface area is 158 Å². The van der Waals surface area contributed by atoms with Crippen LogP contribution in [0.5, 0.6) is 5.75 Å². The summed E-state index contributed by atoms with van der Waals surface area (Å²) < 4.78 is 5.33. The van der Waals surface area contributed by atoms with Gasteiger partial charge in [-0.25, -0.2) is 0 Å². The summed E-state index contributed by atoms with van der Waals surface area (Å²) in [6.07, 6.45) is 0.886. The lowest BCUT2D eigenvalue weighted by molar-refractivity contribution is -0.129. The zero-order chi connectivity index (χ0) is 18.9. The number of nitrogens with one attached hydrogen (secondary N) is 1. The molecule has 0 aromatic heterocycles. The first-order valence-corrected chi connectivity index (χ1v) is 8.80. The molecule has 0 saturated heterocycles. The SMILES string of the molecule is COc1ccccc1CCN(CCC(=O)Nc1cccc(Cl)c1)C(C)=O. The Bertz CT molecular complexity index is 764. The van der Waals surface area contributed by atoms with Gasteiger partial charge in [0.05, 0.1) is 7.11 Å². The minimum Gasteiger partial charge on any atom is -0.496 e. The molecule has 0 unspecified atom stereocenters. The molecule has 0 spiro atoms. The van der Waals surface area contributed by atoms with Gasteiger partial charge in [-0.1, -0.05) is 35.9 Å². The van der Waals surface area contributed by atoms with Crippen LogP contribution in [0.1, 0.15) is 18.9 Å². The van der Waals surface area contributed by atoms with E-state index in [2.05, 4.69) is 5.32 Å². The molecule has 0 saturated carbocycles. The second-order valence-corrected chi connectivity index (χ2v) is 6.31. The lowest BCUT2D eigenvalue weighted by Crippen LogP contribution is -2.33. The molecule has 1 N–H and O–H groups in total. The van der Waals surface area contributed by atoms with Crippen molar-refractivity contribution in [1.82, 2.24) is 4.90 Å². The molecule has 2 aromatic rings. The van der Waals surface area contributed by atoms with Crippen molar-refractivity contribution in [2.24, 2.45) is 0 Å². The van der Waals surface area contributed by atoms with Crippen molar-refractivity contribution in [3.63, 3.8) is 0 Å². The number of rotatable bonds is 8. The Morgan fingerprint density at radius 2 is 1.88 bits per heavy atom. The third-order valence-electron chi connectivity index (χ3n) is 4.01. The van der Waals surface area contributed by atoms with Crippen molar-refractivity contribution < 1.29 is 14.3 Å². The Morgan fingerprint density at radius 3 is 2.58 bits per heavy atom. The molecular formula is C20H23ClN2O3. The first-order chi connectivity index (χ1) is 12.5. The van der Waals surface area contributed by atoms with Crippen molar-refractivity contribution in [2.45, 2.75) is 19.8 Å². The summed E-state index contributed by atoms with van der Waals surface area (Å²) >= 11 is 5.91. The third kappa shape index (κ3) is 6.08. The van der Waals surface area contributed by atoms with Gasteiger partial charge in [-0.05, 0) is 36.2 Å². The quantitative estimate of drug-likeness (QED) is 0.765. The fourth-order valence-electron chi connectivity index (χ4n) is 2.62. The van der Waals surface area contributed by atoms with Gasteiger partial charge in [0.15, 0.2) is 0 Å². The van der Waals surface area contributed by atoms with Crippen LogP contribution in [-0.2, 0) is 16.0 Å². The van der Waals surface area contributed by atoms with E-state index < -0.39 is 0 Å². The van der Waals surface area contributed by atoms with Gasteiger partial charge >= 0.3 is 0 Å². The zero-order valence-corrected chi connectivity index (χ0v) is 15.8. The highest BCUT2D eigenvalue weighted by molar-refractivity contribution is 6.30. The van der Waals surface area contributed by atoms with Crippen LogP contribution in [0.25, 0.3) is 0 Å². The molecule has 0 fully saturated rings. The fraction of sp³-hybridized carbons (Fsp3) is 0.300. The van der Waals surface area contributed by atoms with Crippen LogP contribution in [0, 0.1) is 0 Å². The van der Waals surface area contributed by atoms with E-state index in [0.29, 0.717) is 30.2 Å². The number of halogens is 1. The third-order valence-corrected chi connectivity index (χ3v) is 4.24. The Kier molecular flexibility index (Phi) is 7.48. The lowest BCUT2D eigenvalue weighted by Gasteiger charge is -2.21. The molecule has 26 heavy (non-hydrogen) atoms. The highest BCUT2D eigenvalue weighted by Crippen LogP contribution is 2.18. The predicted octanol–water partition coefficient (Wildman–Crippen LogP) is 3.77. The lowest BCUT2D eigenvalue weighted by atomic mass is 10.1. The smallest absolute Gasteiger partial charge is 0.226 e. The average Bonchev–Trinajstić information content (AvgIpc) is 2.61. The number of anilines is 1. The van der Waals surface area contributed by atoms with Crippen molar-refractivity contribution in [1.29, 1.82) is 0 Å². The van der Waals surface area contributed by atoms with Crippen molar-refractivity contribution in [2.75, 3.05) is 25.5 Å². The average molecular weight is 375 g/mol. The fourth-order valence-corrected chi connectivity index (χ4v) is 2.81. The maximum absolute atomic E-state index is 12.1. The molecule has 0 atom stereocenters. The molecular weight excluding hydrogens is 352 g/mol. The maximum atomic E-state index is 12.1. The molecule has 2 rings (SSSR count). The summed E-state index contributed by atoms with van der Waals surface area (Å²) in [4.78, 5) is 25.7. The van der Waals surface area contributed by atoms with Crippen LogP contribution >= 0.6 is 11.6 Å². The summed E-state index contributed by atoms with van der Waals surface area (Å²) in [5.41, 5.74) is 1.68. The molecule has 2 aromatic carbocycles. The minimum absolute atomic E-state index is 0.0598. The number of hydrogen-bond acceptors (Lipinski definition) is 3. The van der Waals surface area contributed by atoms with Crippen molar-refractivity contribution in [3.05, 3.63) is 59.1 Å². The highest BCUT2D eigenvalue weighted by Gasteiger charge is 2.13. The van der Waals surface area contributed by atoms with Crippen molar-refractivity contribution in [3.8, 4) is 5.75 Å². The second-order valence-electron chi connectivity index (χ2n) is 5.88. The van der Waals surface area contributed by atoms with Crippen LogP contribution in [0.4, 0.5) is 5.69 Å². The summed E-state index contributed by atoms with van der Waals surface area (Å²) in [7, 11) is 1.63. The molecule has 5 nitrogen and oxygen atoms in total. The summed E-state index contributed by atoms with van der Waals surface area (Å²) in [6.45, 7) is 2.40. The molecule has 0 aliphatic rings. The van der Waals surface area contributed by atoms with Crippen molar-refractivity contribution >= 4 is 29.1 Å². The number of methoxy groups -OCH3 is 1. The van der Waals surface area contributed by atoms with Gasteiger partial charge in [0.1, 0.15) is 5.75 Å². The first kappa shape index (κ1) is 19.8. The normalized spacial score (nSPS) is 10.3. The van der Waals surface area contributed by atoms with Crippen LogP contribution < -0.4 is 10.1 Å². The van der Waals surface area contributed by atoms with Gasteiger partial charge in [0.2, 0.25) is 11.8 Å². The van der Waals surface area contributed by atoms with Crippen LogP contribution in [-0.4, -0.2) is 36.9 Å². The molecule has 0 aliphatic heterocycles. The molecule has 6 heteroatoms. The van der Waals surface area contributed by atoms with E-state index in [-0.39, 0.29) is 18.2 Å². The monoisotopic (exact) mass is 374 g/mol. The molecule has 0 aliphatic carbocycles. The van der Waals surface area contributed by atoms with Gasteiger partial charge in [-0.15, -0.1) is 0 Å². The number of benzene rings is 2. The van der Waals surface area contributed by atoms with E-state index >= 15 is 0 Å². The van der Waals surface area contributed by atoms with Crippen LogP contribution in [0.3, 0.4) is 0 Å².